The van der Waals surface area contributed by atoms with Crippen LogP contribution in [0.1, 0.15) is 11.6 Å². The molecule has 1 atom stereocenters. The lowest BCUT2D eigenvalue weighted by molar-refractivity contribution is -0.141. The van der Waals surface area contributed by atoms with E-state index in [0.29, 0.717) is 9.05 Å². The molecular formula is C11H10BrN3O2S. The fraction of sp³-hybridized carbons (Fsp3) is 0.182. The van der Waals surface area contributed by atoms with Crippen LogP contribution >= 0.6 is 27.3 Å². The number of anilines is 1. The van der Waals surface area contributed by atoms with Gasteiger partial charge in [0.15, 0.2) is 9.96 Å². The van der Waals surface area contributed by atoms with E-state index in [9.17, 15) is 4.79 Å². The van der Waals surface area contributed by atoms with Gasteiger partial charge in [-0.15, -0.1) is 10.2 Å². The summed E-state index contributed by atoms with van der Waals surface area (Å²) in [6, 6.07) is 8.73. The quantitative estimate of drug-likeness (QED) is 0.874. The molecule has 1 unspecified atom stereocenters. The molecule has 94 valence electrons. The lowest BCUT2D eigenvalue weighted by Crippen LogP contribution is -2.22. The molecule has 18 heavy (non-hydrogen) atoms. The molecule has 0 aliphatic heterocycles. The molecule has 0 fully saturated rings. The summed E-state index contributed by atoms with van der Waals surface area (Å²) in [7, 11) is 1.36. The van der Waals surface area contributed by atoms with Crippen molar-refractivity contribution in [3.63, 3.8) is 0 Å². The maximum absolute atomic E-state index is 11.8. The average molecular weight is 328 g/mol. The monoisotopic (exact) mass is 327 g/mol. The third-order valence-corrected chi connectivity index (χ3v) is 3.53. The number of rotatable bonds is 4. The van der Waals surface area contributed by atoms with Gasteiger partial charge in [0.05, 0.1) is 7.11 Å². The molecule has 0 spiro atoms. The van der Waals surface area contributed by atoms with Gasteiger partial charge in [0.1, 0.15) is 0 Å². The van der Waals surface area contributed by atoms with Crippen molar-refractivity contribution in [2.45, 2.75) is 6.04 Å². The van der Waals surface area contributed by atoms with Crippen molar-refractivity contribution in [3.05, 3.63) is 39.8 Å². The molecular weight excluding hydrogens is 318 g/mol. The van der Waals surface area contributed by atoms with Crippen LogP contribution in [0.3, 0.4) is 0 Å². The van der Waals surface area contributed by atoms with Gasteiger partial charge >= 0.3 is 5.97 Å². The molecule has 0 radical (unpaired) electrons. The second kappa shape index (κ2) is 5.92. The zero-order valence-electron chi connectivity index (χ0n) is 9.46. The Balaban J connectivity index is 2.24. The summed E-state index contributed by atoms with van der Waals surface area (Å²) in [4.78, 5) is 11.8. The molecule has 2 rings (SSSR count). The van der Waals surface area contributed by atoms with Crippen molar-refractivity contribution in [1.29, 1.82) is 0 Å². The molecule has 0 amide bonds. The third-order valence-electron chi connectivity index (χ3n) is 2.24. The van der Waals surface area contributed by atoms with Crippen molar-refractivity contribution in [2.24, 2.45) is 0 Å². The molecule has 0 saturated heterocycles. The number of carbonyl (C=O) groups is 1. The SMILES string of the molecule is COC(=O)C(Nc1nnc(Br)s1)c1ccccc1. The van der Waals surface area contributed by atoms with Gasteiger partial charge < -0.3 is 10.1 Å². The number of halogens is 1. The van der Waals surface area contributed by atoms with E-state index in [0.717, 1.165) is 5.56 Å². The average Bonchev–Trinajstić information content (AvgIpc) is 2.82. The van der Waals surface area contributed by atoms with Gasteiger partial charge in [-0.25, -0.2) is 4.79 Å². The summed E-state index contributed by atoms with van der Waals surface area (Å²) in [5.74, 6) is -0.368. The van der Waals surface area contributed by atoms with E-state index in [2.05, 4.69) is 31.4 Å². The fourth-order valence-corrected chi connectivity index (χ4v) is 2.47. The Labute approximate surface area is 116 Å². The number of benzene rings is 1. The van der Waals surface area contributed by atoms with Crippen LogP contribution in [0.2, 0.25) is 0 Å². The number of ether oxygens (including phenoxy) is 1. The number of nitrogens with one attached hydrogen (secondary N) is 1. The topological polar surface area (TPSA) is 64.1 Å². The van der Waals surface area contributed by atoms with Crippen LogP contribution in [0.5, 0.6) is 0 Å². The van der Waals surface area contributed by atoms with E-state index in [1.165, 1.54) is 18.4 Å². The first-order chi connectivity index (χ1) is 8.70. The molecule has 1 heterocycles. The summed E-state index contributed by atoms with van der Waals surface area (Å²) >= 11 is 4.54. The molecule has 1 aromatic heterocycles. The van der Waals surface area contributed by atoms with Crippen molar-refractivity contribution in [3.8, 4) is 0 Å². The summed E-state index contributed by atoms with van der Waals surface area (Å²) in [6.07, 6.45) is 0. The molecule has 2 aromatic rings. The van der Waals surface area contributed by atoms with Gasteiger partial charge in [-0.3, -0.25) is 0 Å². The summed E-state index contributed by atoms with van der Waals surface area (Å²) in [5.41, 5.74) is 0.815. The second-order valence-electron chi connectivity index (χ2n) is 3.37. The van der Waals surface area contributed by atoms with Gasteiger partial charge in [0, 0.05) is 0 Å². The molecule has 7 heteroatoms. The van der Waals surface area contributed by atoms with Gasteiger partial charge in [-0.05, 0) is 21.5 Å². The maximum atomic E-state index is 11.8. The minimum Gasteiger partial charge on any atom is -0.467 e. The predicted molar refractivity (Wildman–Crippen MR) is 72.4 cm³/mol. The van der Waals surface area contributed by atoms with Crippen LogP contribution in [-0.4, -0.2) is 23.3 Å². The summed E-state index contributed by atoms with van der Waals surface area (Å²) in [5, 5.41) is 11.3. The smallest absolute Gasteiger partial charge is 0.333 e. The van der Waals surface area contributed by atoms with E-state index >= 15 is 0 Å². The normalized spacial score (nSPS) is 11.9. The van der Waals surface area contributed by atoms with E-state index < -0.39 is 6.04 Å². The summed E-state index contributed by atoms with van der Waals surface area (Å²) < 4.78 is 5.44. The maximum Gasteiger partial charge on any atom is 0.333 e. The largest absolute Gasteiger partial charge is 0.467 e. The van der Waals surface area contributed by atoms with E-state index in [1.54, 1.807) is 0 Å². The number of hydrogen-bond donors (Lipinski definition) is 1. The van der Waals surface area contributed by atoms with Gasteiger partial charge in [-0.1, -0.05) is 41.7 Å². The lowest BCUT2D eigenvalue weighted by atomic mass is 10.1. The number of methoxy groups -OCH3 is 1. The number of esters is 1. The van der Waals surface area contributed by atoms with Crippen molar-refractivity contribution >= 4 is 38.4 Å². The number of aromatic nitrogens is 2. The van der Waals surface area contributed by atoms with Crippen LogP contribution < -0.4 is 5.32 Å². The Bertz CT molecular complexity index is 532. The van der Waals surface area contributed by atoms with Gasteiger partial charge in [-0.2, -0.15) is 0 Å². The highest BCUT2D eigenvalue weighted by molar-refractivity contribution is 9.11. The highest BCUT2D eigenvalue weighted by Gasteiger charge is 2.22. The van der Waals surface area contributed by atoms with Crippen molar-refractivity contribution in [1.82, 2.24) is 10.2 Å². The molecule has 1 aromatic carbocycles. The van der Waals surface area contributed by atoms with E-state index in [-0.39, 0.29) is 5.97 Å². The lowest BCUT2D eigenvalue weighted by Gasteiger charge is -2.15. The third kappa shape index (κ3) is 3.05. The van der Waals surface area contributed by atoms with E-state index in [4.69, 9.17) is 4.74 Å². The Morgan fingerprint density at radius 2 is 2.11 bits per heavy atom. The summed E-state index contributed by atoms with van der Waals surface area (Å²) in [6.45, 7) is 0. The molecule has 0 bridgehead atoms. The Morgan fingerprint density at radius 3 is 2.67 bits per heavy atom. The number of hydrogen-bond acceptors (Lipinski definition) is 6. The Hall–Kier alpha value is -1.47. The molecule has 0 aliphatic rings. The number of carbonyl (C=O) groups excluding carboxylic acids is 1. The standard InChI is InChI=1S/C11H10BrN3O2S/c1-17-9(16)8(7-5-3-2-4-6-7)13-11-15-14-10(12)18-11/h2-6,8H,1H3,(H,13,15). The molecule has 0 saturated carbocycles. The van der Waals surface area contributed by atoms with Crippen molar-refractivity contribution < 1.29 is 9.53 Å². The van der Waals surface area contributed by atoms with Crippen LogP contribution in [0.15, 0.2) is 34.2 Å². The predicted octanol–water partition coefficient (Wildman–Crippen LogP) is 2.63. The van der Waals surface area contributed by atoms with Gasteiger partial charge in [0.25, 0.3) is 0 Å². The fourth-order valence-electron chi connectivity index (χ4n) is 1.43. The van der Waals surface area contributed by atoms with E-state index in [1.807, 2.05) is 30.3 Å². The minimum atomic E-state index is -0.587. The Morgan fingerprint density at radius 1 is 1.39 bits per heavy atom. The van der Waals surface area contributed by atoms with Crippen molar-refractivity contribution in [2.75, 3.05) is 12.4 Å². The first-order valence-corrected chi connectivity index (χ1v) is 6.70. The first kappa shape index (κ1) is 13.0. The van der Waals surface area contributed by atoms with Crippen LogP contribution in [0.25, 0.3) is 0 Å². The highest BCUT2D eigenvalue weighted by Crippen LogP contribution is 2.25. The van der Waals surface area contributed by atoms with Crippen LogP contribution in [0, 0.1) is 0 Å². The Kier molecular flexibility index (Phi) is 4.27. The van der Waals surface area contributed by atoms with Crippen LogP contribution in [0.4, 0.5) is 5.13 Å². The van der Waals surface area contributed by atoms with Crippen LogP contribution in [-0.2, 0) is 9.53 Å². The minimum absolute atomic E-state index is 0.368. The number of nitrogens with zero attached hydrogens (tertiary/aromatic N) is 2. The first-order valence-electron chi connectivity index (χ1n) is 5.09. The molecule has 5 nitrogen and oxygen atoms in total. The zero-order valence-corrected chi connectivity index (χ0v) is 11.9. The highest BCUT2D eigenvalue weighted by atomic mass is 79.9. The zero-order chi connectivity index (χ0) is 13.0. The molecule has 0 aliphatic carbocycles. The molecule has 1 N–H and O–H groups in total. The second-order valence-corrected chi connectivity index (χ2v) is 5.62. The van der Waals surface area contributed by atoms with Gasteiger partial charge in [0.2, 0.25) is 5.13 Å².